The van der Waals surface area contributed by atoms with Crippen molar-refractivity contribution < 1.29 is 14.3 Å². The first-order valence-electron chi connectivity index (χ1n) is 6.22. The van der Waals surface area contributed by atoms with E-state index in [-0.39, 0.29) is 6.61 Å². The van der Waals surface area contributed by atoms with Crippen molar-refractivity contribution in [2.24, 2.45) is 7.05 Å². The molecule has 1 aromatic heterocycles. The lowest BCUT2D eigenvalue weighted by molar-refractivity contribution is 0.0459. The Morgan fingerprint density at radius 2 is 2.19 bits per heavy atom. The minimum atomic E-state index is -0.495. The Bertz CT molecular complexity index is 682. The van der Waals surface area contributed by atoms with E-state index in [2.05, 4.69) is 21.0 Å². The molecule has 0 aliphatic carbocycles. The van der Waals surface area contributed by atoms with Crippen molar-refractivity contribution in [3.8, 4) is 5.75 Å². The molecule has 0 aliphatic heterocycles. The van der Waals surface area contributed by atoms with Crippen molar-refractivity contribution in [3.05, 3.63) is 39.6 Å². The molecule has 2 N–H and O–H groups in total. The predicted molar refractivity (Wildman–Crippen MR) is 82.2 cm³/mol. The first kappa shape index (κ1) is 15.4. The Balaban J connectivity index is 2.17. The summed E-state index contributed by atoms with van der Waals surface area (Å²) >= 11 is 3.43. The van der Waals surface area contributed by atoms with E-state index in [9.17, 15) is 4.79 Å². The van der Waals surface area contributed by atoms with Crippen LogP contribution in [-0.2, 0) is 18.4 Å². The van der Waals surface area contributed by atoms with Gasteiger partial charge < -0.3 is 15.2 Å². The van der Waals surface area contributed by atoms with Crippen LogP contribution in [0.25, 0.3) is 0 Å². The number of benzene rings is 1. The molecule has 6 nitrogen and oxygen atoms in total. The highest BCUT2D eigenvalue weighted by Crippen LogP contribution is 2.24. The fourth-order valence-corrected chi connectivity index (χ4v) is 2.38. The molecule has 7 heteroatoms. The molecular weight excluding hydrogens is 338 g/mol. The molecule has 1 heterocycles. The lowest BCUT2D eigenvalue weighted by Gasteiger charge is -2.10. The number of rotatable bonds is 4. The molecule has 1 aromatic carbocycles. The lowest BCUT2D eigenvalue weighted by Crippen LogP contribution is -2.10. The fourth-order valence-electron chi connectivity index (χ4n) is 1.93. The van der Waals surface area contributed by atoms with Gasteiger partial charge in [-0.25, -0.2) is 4.79 Å². The van der Waals surface area contributed by atoms with Gasteiger partial charge in [0.05, 0.1) is 23.0 Å². The number of hydrogen-bond donors (Lipinski definition) is 1. The third kappa shape index (κ3) is 3.18. The SMILES string of the molecule is COc1ccc(N)cc1C(=O)OCc1c(Br)c(C)nn1C. The topological polar surface area (TPSA) is 79.4 Å². The number of carbonyl (C=O) groups excluding carboxylic acids is 1. The Hall–Kier alpha value is -2.02. The Morgan fingerprint density at radius 3 is 2.76 bits per heavy atom. The number of anilines is 1. The standard InChI is InChI=1S/C14H16BrN3O3/c1-8-13(15)11(18(2)17-8)7-21-14(19)10-6-9(16)4-5-12(10)20-3/h4-6H,7,16H2,1-3H3. The molecule has 0 fully saturated rings. The number of hydrogen-bond acceptors (Lipinski definition) is 5. The maximum atomic E-state index is 12.2. The number of aromatic nitrogens is 2. The first-order valence-corrected chi connectivity index (χ1v) is 7.02. The van der Waals surface area contributed by atoms with Crippen LogP contribution in [0.4, 0.5) is 5.69 Å². The van der Waals surface area contributed by atoms with E-state index in [1.807, 2.05) is 6.92 Å². The second kappa shape index (κ2) is 6.17. The molecular formula is C14H16BrN3O3. The number of ether oxygens (including phenoxy) is 2. The quantitative estimate of drug-likeness (QED) is 0.674. The number of aryl methyl sites for hydroxylation is 2. The van der Waals surface area contributed by atoms with Gasteiger partial charge in [-0.15, -0.1) is 0 Å². The van der Waals surface area contributed by atoms with Gasteiger partial charge in [0, 0.05) is 12.7 Å². The van der Waals surface area contributed by atoms with Gasteiger partial charge in [0.1, 0.15) is 17.9 Å². The summed E-state index contributed by atoms with van der Waals surface area (Å²) in [5.41, 5.74) is 8.08. The zero-order valence-corrected chi connectivity index (χ0v) is 13.6. The van der Waals surface area contributed by atoms with Crippen molar-refractivity contribution in [1.29, 1.82) is 0 Å². The summed E-state index contributed by atoms with van der Waals surface area (Å²) in [5, 5.41) is 4.24. The number of nitrogen functional groups attached to an aromatic ring is 1. The van der Waals surface area contributed by atoms with E-state index in [4.69, 9.17) is 15.2 Å². The van der Waals surface area contributed by atoms with Gasteiger partial charge in [-0.3, -0.25) is 4.68 Å². The van der Waals surface area contributed by atoms with Crippen LogP contribution in [0.2, 0.25) is 0 Å². The summed E-state index contributed by atoms with van der Waals surface area (Å²) in [4.78, 5) is 12.2. The van der Waals surface area contributed by atoms with Crippen LogP contribution >= 0.6 is 15.9 Å². The summed E-state index contributed by atoms with van der Waals surface area (Å²) in [6.45, 7) is 1.98. The summed E-state index contributed by atoms with van der Waals surface area (Å²) in [5.74, 6) is -0.0700. The highest BCUT2D eigenvalue weighted by atomic mass is 79.9. The van der Waals surface area contributed by atoms with Crippen LogP contribution in [0.15, 0.2) is 22.7 Å². The maximum absolute atomic E-state index is 12.2. The molecule has 0 aliphatic rings. The van der Waals surface area contributed by atoms with Gasteiger partial charge in [0.2, 0.25) is 0 Å². The van der Waals surface area contributed by atoms with E-state index in [0.717, 1.165) is 15.9 Å². The Kier molecular flexibility index (Phi) is 4.52. The smallest absolute Gasteiger partial charge is 0.342 e. The Labute approximate surface area is 131 Å². The molecule has 0 amide bonds. The average molecular weight is 354 g/mol. The van der Waals surface area contributed by atoms with Crippen molar-refractivity contribution in [2.45, 2.75) is 13.5 Å². The first-order chi connectivity index (χ1) is 9.93. The van der Waals surface area contributed by atoms with E-state index in [1.54, 1.807) is 23.9 Å². The molecule has 2 rings (SSSR count). The minimum absolute atomic E-state index is 0.106. The lowest BCUT2D eigenvalue weighted by atomic mass is 10.2. The van der Waals surface area contributed by atoms with Gasteiger partial charge in [-0.05, 0) is 41.1 Å². The molecule has 21 heavy (non-hydrogen) atoms. The number of carbonyl (C=O) groups is 1. The van der Waals surface area contributed by atoms with E-state index >= 15 is 0 Å². The predicted octanol–water partition coefficient (Wildman–Crippen LogP) is 2.44. The molecule has 112 valence electrons. The zero-order chi connectivity index (χ0) is 15.6. The highest BCUT2D eigenvalue weighted by molar-refractivity contribution is 9.10. The van der Waals surface area contributed by atoms with Gasteiger partial charge in [-0.2, -0.15) is 5.10 Å². The number of nitrogens with zero attached hydrogens (tertiary/aromatic N) is 2. The van der Waals surface area contributed by atoms with Crippen LogP contribution in [0.5, 0.6) is 5.75 Å². The normalized spacial score (nSPS) is 10.5. The minimum Gasteiger partial charge on any atom is -0.496 e. The van der Waals surface area contributed by atoms with Crippen molar-refractivity contribution in [1.82, 2.24) is 9.78 Å². The van der Waals surface area contributed by atoms with Gasteiger partial charge in [-0.1, -0.05) is 0 Å². The van der Waals surface area contributed by atoms with Crippen LogP contribution in [0.3, 0.4) is 0 Å². The van der Waals surface area contributed by atoms with E-state index in [1.165, 1.54) is 13.2 Å². The third-order valence-electron chi connectivity index (χ3n) is 3.05. The second-order valence-corrected chi connectivity index (χ2v) is 5.30. The molecule has 0 spiro atoms. The van der Waals surface area contributed by atoms with E-state index < -0.39 is 5.97 Å². The van der Waals surface area contributed by atoms with Crippen LogP contribution in [-0.4, -0.2) is 22.9 Å². The summed E-state index contributed by atoms with van der Waals surface area (Å²) < 4.78 is 13.0. The van der Waals surface area contributed by atoms with Gasteiger partial charge in [0.25, 0.3) is 0 Å². The number of halogens is 1. The summed E-state index contributed by atoms with van der Waals surface area (Å²) in [7, 11) is 3.28. The monoisotopic (exact) mass is 353 g/mol. The van der Waals surface area contributed by atoms with Crippen molar-refractivity contribution in [2.75, 3.05) is 12.8 Å². The Morgan fingerprint density at radius 1 is 1.48 bits per heavy atom. The van der Waals surface area contributed by atoms with Gasteiger partial charge in [0.15, 0.2) is 0 Å². The molecule has 0 unspecified atom stereocenters. The molecule has 0 saturated carbocycles. The maximum Gasteiger partial charge on any atom is 0.342 e. The largest absolute Gasteiger partial charge is 0.496 e. The summed E-state index contributed by atoms with van der Waals surface area (Å²) in [6, 6.07) is 4.83. The molecule has 0 bridgehead atoms. The van der Waals surface area contributed by atoms with Crippen molar-refractivity contribution >= 4 is 27.6 Å². The molecule has 0 radical (unpaired) electrons. The fraction of sp³-hybridized carbons (Fsp3) is 0.286. The van der Waals surface area contributed by atoms with Gasteiger partial charge >= 0.3 is 5.97 Å². The molecule has 2 aromatic rings. The zero-order valence-electron chi connectivity index (χ0n) is 12.0. The number of methoxy groups -OCH3 is 1. The molecule has 0 atom stereocenters. The van der Waals surface area contributed by atoms with Crippen LogP contribution in [0.1, 0.15) is 21.7 Å². The molecule has 0 saturated heterocycles. The number of nitrogens with two attached hydrogens (primary N) is 1. The number of esters is 1. The van der Waals surface area contributed by atoms with Crippen LogP contribution in [0, 0.1) is 6.92 Å². The highest BCUT2D eigenvalue weighted by Gasteiger charge is 2.17. The van der Waals surface area contributed by atoms with Crippen molar-refractivity contribution in [3.63, 3.8) is 0 Å². The second-order valence-electron chi connectivity index (χ2n) is 4.51. The average Bonchev–Trinajstić information content (AvgIpc) is 2.70. The van der Waals surface area contributed by atoms with E-state index in [0.29, 0.717) is 17.0 Å². The summed E-state index contributed by atoms with van der Waals surface area (Å²) in [6.07, 6.45) is 0. The van der Waals surface area contributed by atoms with Crippen LogP contribution < -0.4 is 10.5 Å². The third-order valence-corrected chi connectivity index (χ3v) is 4.08.